The van der Waals surface area contributed by atoms with E-state index < -0.39 is 15.9 Å². The quantitative estimate of drug-likeness (QED) is 0.728. The lowest BCUT2D eigenvalue weighted by Gasteiger charge is -2.29. The third-order valence-corrected chi connectivity index (χ3v) is 6.41. The summed E-state index contributed by atoms with van der Waals surface area (Å²) in [5.74, 6) is -0.186. The first-order valence-corrected chi connectivity index (χ1v) is 11.1. The van der Waals surface area contributed by atoms with Gasteiger partial charge in [0.2, 0.25) is 15.9 Å². The summed E-state index contributed by atoms with van der Waals surface area (Å²) >= 11 is 0. The molecule has 28 heavy (non-hydrogen) atoms. The number of nitrogens with one attached hydrogen (secondary N) is 2. The molecule has 1 aliphatic heterocycles. The Morgan fingerprint density at radius 3 is 2.50 bits per heavy atom. The van der Waals surface area contributed by atoms with Gasteiger partial charge in [-0.1, -0.05) is 0 Å². The predicted octanol–water partition coefficient (Wildman–Crippen LogP) is 0.797. The van der Waals surface area contributed by atoms with Crippen molar-refractivity contribution in [3.05, 3.63) is 29.6 Å². The fraction of sp³-hybridized carbons (Fsp3) is 0.500. The van der Waals surface area contributed by atoms with E-state index in [2.05, 4.69) is 20.4 Å². The molecule has 2 amide bonds. The van der Waals surface area contributed by atoms with E-state index in [4.69, 9.17) is 0 Å². The van der Waals surface area contributed by atoms with Crippen LogP contribution in [0.2, 0.25) is 0 Å². The number of carbonyl (C=O) groups is 2. The molecule has 0 atom stereocenters. The lowest BCUT2D eigenvalue weighted by atomic mass is 9.98. The van der Waals surface area contributed by atoms with Crippen LogP contribution in [-0.2, 0) is 21.4 Å². The lowest BCUT2D eigenvalue weighted by Crippen LogP contribution is -2.48. The zero-order chi connectivity index (χ0) is 20.5. The highest BCUT2D eigenvalue weighted by atomic mass is 32.2. The number of aromatic nitrogens is 2. The molecular weight excluding hydrogens is 382 g/mol. The van der Waals surface area contributed by atoms with Gasteiger partial charge in [0.05, 0.1) is 17.3 Å². The van der Waals surface area contributed by atoms with E-state index in [0.717, 1.165) is 29.7 Å². The number of aryl methyl sites for hydroxylation is 2. The van der Waals surface area contributed by atoms with Crippen molar-refractivity contribution in [3.63, 3.8) is 0 Å². The molecule has 1 aromatic heterocycles. The van der Waals surface area contributed by atoms with Gasteiger partial charge in [0, 0.05) is 31.1 Å². The second kappa shape index (κ2) is 7.88. The molecule has 0 unspecified atom stereocenters. The fourth-order valence-corrected chi connectivity index (χ4v) is 4.41. The fourth-order valence-electron chi connectivity index (χ4n) is 3.53. The number of fused-ring (bicyclic) bond motifs is 1. The molecule has 0 saturated carbocycles. The van der Waals surface area contributed by atoms with Crippen LogP contribution in [0.1, 0.15) is 35.9 Å². The summed E-state index contributed by atoms with van der Waals surface area (Å²) in [6.07, 6.45) is 2.01. The summed E-state index contributed by atoms with van der Waals surface area (Å²) in [6.45, 7) is 5.35. The monoisotopic (exact) mass is 407 g/mol. The van der Waals surface area contributed by atoms with Gasteiger partial charge in [-0.2, -0.15) is 0 Å². The summed E-state index contributed by atoms with van der Waals surface area (Å²) in [5, 5.41) is 0. The molecule has 2 N–H and O–H groups in total. The van der Waals surface area contributed by atoms with E-state index in [-0.39, 0.29) is 11.8 Å². The Morgan fingerprint density at radius 2 is 1.89 bits per heavy atom. The van der Waals surface area contributed by atoms with Crippen LogP contribution in [0.5, 0.6) is 0 Å². The van der Waals surface area contributed by atoms with Gasteiger partial charge in [0.1, 0.15) is 5.82 Å². The van der Waals surface area contributed by atoms with Crippen molar-refractivity contribution >= 4 is 32.9 Å². The first kappa shape index (κ1) is 20.3. The van der Waals surface area contributed by atoms with E-state index in [0.29, 0.717) is 31.5 Å². The van der Waals surface area contributed by atoms with E-state index in [1.165, 1.54) is 4.31 Å². The van der Waals surface area contributed by atoms with Crippen molar-refractivity contribution in [2.24, 2.45) is 5.92 Å². The van der Waals surface area contributed by atoms with Crippen molar-refractivity contribution in [2.45, 2.75) is 33.2 Å². The van der Waals surface area contributed by atoms with Crippen LogP contribution >= 0.6 is 0 Å². The van der Waals surface area contributed by atoms with Crippen LogP contribution in [-0.4, -0.2) is 53.4 Å². The number of hydrogen-bond acceptors (Lipinski definition) is 5. The highest BCUT2D eigenvalue weighted by Crippen LogP contribution is 2.19. The number of amides is 2. The van der Waals surface area contributed by atoms with Crippen LogP contribution in [0.25, 0.3) is 11.0 Å². The first-order chi connectivity index (χ1) is 13.2. The van der Waals surface area contributed by atoms with Gasteiger partial charge in [0.15, 0.2) is 0 Å². The Kier molecular flexibility index (Phi) is 5.71. The standard InChI is InChI=1S/C18H25N5O4S/c1-4-23-12(2)19-15-11-14(5-6-16(15)23)18(25)21-20-17(24)13-7-9-22(10-8-13)28(3,26)27/h5-6,11,13H,4,7-10H2,1-3H3,(H,20,24)(H,21,25). The molecule has 1 fully saturated rings. The molecule has 9 nitrogen and oxygen atoms in total. The summed E-state index contributed by atoms with van der Waals surface area (Å²) in [4.78, 5) is 29.1. The van der Waals surface area contributed by atoms with E-state index in [1.807, 2.05) is 19.9 Å². The number of rotatable bonds is 4. The third-order valence-electron chi connectivity index (χ3n) is 5.11. The summed E-state index contributed by atoms with van der Waals surface area (Å²) in [6, 6.07) is 5.23. The second-order valence-electron chi connectivity index (χ2n) is 6.99. The zero-order valence-electron chi connectivity index (χ0n) is 16.2. The number of hydrazine groups is 1. The minimum Gasteiger partial charge on any atom is -0.329 e. The molecule has 0 bridgehead atoms. The Balaban J connectivity index is 1.58. The van der Waals surface area contributed by atoms with Crippen molar-refractivity contribution < 1.29 is 18.0 Å². The van der Waals surface area contributed by atoms with E-state index >= 15 is 0 Å². The number of sulfonamides is 1. The molecule has 3 rings (SSSR count). The maximum absolute atomic E-state index is 12.4. The maximum atomic E-state index is 12.4. The average Bonchev–Trinajstić information content (AvgIpc) is 2.99. The number of carbonyl (C=O) groups excluding carboxylic acids is 2. The third kappa shape index (κ3) is 4.17. The van der Waals surface area contributed by atoms with Gasteiger partial charge in [-0.15, -0.1) is 0 Å². The van der Waals surface area contributed by atoms with Crippen molar-refractivity contribution in [3.8, 4) is 0 Å². The molecule has 2 heterocycles. The van der Waals surface area contributed by atoms with Crippen LogP contribution in [0.4, 0.5) is 0 Å². The molecule has 1 aromatic carbocycles. The second-order valence-corrected chi connectivity index (χ2v) is 8.97. The molecule has 1 aliphatic rings. The number of hydrogen-bond donors (Lipinski definition) is 2. The number of piperidine rings is 1. The molecule has 0 aliphatic carbocycles. The molecule has 152 valence electrons. The van der Waals surface area contributed by atoms with Gasteiger partial charge in [0.25, 0.3) is 5.91 Å². The Bertz CT molecular complexity index is 1010. The molecule has 0 spiro atoms. The molecule has 0 radical (unpaired) electrons. The average molecular weight is 407 g/mol. The Morgan fingerprint density at radius 1 is 1.21 bits per heavy atom. The normalized spacial score (nSPS) is 16.2. The summed E-state index contributed by atoms with van der Waals surface area (Å²) in [5.41, 5.74) is 6.97. The van der Waals surface area contributed by atoms with Crippen LogP contribution in [0.3, 0.4) is 0 Å². The smallest absolute Gasteiger partial charge is 0.269 e. The van der Waals surface area contributed by atoms with Gasteiger partial charge in [-0.05, 0) is 44.9 Å². The largest absolute Gasteiger partial charge is 0.329 e. The minimum absolute atomic E-state index is 0.307. The number of nitrogens with zero attached hydrogens (tertiary/aromatic N) is 3. The Labute approximate surface area is 164 Å². The highest BCUT2D eigenvalue weighted by Gasteiger charge is 2.29. The van der Waals surface area contributed by atoms with E-state index in [9.17, 15) is 18.0 Å². The minimum atomic E-state index is -3.23. The lowest BCUT2D eigenvalue weighted by molar-refractivity contribution is -0.126. The van der Waals surface area contributed by atoms with Crippen molar-refractivity contribution in [2.75, 3.05) is 19.3 Å². The van der Waals surface area contributed by atoms with Crippen LogP contribution in [0.15, 0.2) is 18.2 Å². The zero-order valence-corrected chi connectivity index (χ0v) is 17.0. The number of benzene rings is 1. The van der Waals surface area contributed by atoms with Crippen molar-refractivity contribution in [1.82, 2.24) is 24.7 Å². The van der Waals surface area contributed by atoms with Crippen molar-refractivity contribution in [1.29, 1.82) is 0 Å². The van der Waals surface area contributed by atoms with E-state index in [1.54, 1.807) is 12.1 Å². The van der Waals surface area contributed by atoms with Crippen LogP contribution < -0.4 is 10.9 Å². The van der Waals surface area contributed by atoms with Gasteiger partial charge in [-0.3, -0.25) is 20.4 Å². The summed E-state index contributed by atoms with van der Waals surface area (Å²) in [7, 11) is -3.23. The first-order valence-electron chi connectivity index (χ1n) is 9.23. The Hall–Kier alpha value is -2.46. The molecule has 2 aromatic rings. The highest BCUT2D eigenvalue weighted by molar-refractivity contribution is 7.88. The molecular formula is C18H25N5O4S. The SMILES string of the molecule is CCn1c(C)nc2cc(C(=O)NNC(=O)C3CCN(S(C)(=O)=O)CC3)ccc21. The van der Waals surface area contributed by atoms with Crippen LogP contribution in [0, 0.1) is 12.8 Å². The predicted molar refractivity (Wildman–Crippen MR) is 105 cm³/mol. The molecule has 1 saturated heterocycles. The van der Waals surface area contributed by atoms with Gasteiger partial charge < -0.3 is 4.57 Å². The number of imidazole rings is 1. The summed E-state index contributed by atoms with van der Waals surface area (Å²) < 4.78 is 26.5. The van der Waals surface area contributed by atoms with Gasteiger partial charge in [-0.25, -0.2) is 17.7 Å². The van der Waals surface area contributed by atoms with Gasteiger partial charge >= 0.3 is 0 Å². The topological polar surface area (TPSA) is 113 Å². The molecule has 10 heteroatoms. The maximum Gasteiger partial charge on any atom is 0.269 e.